The Balaban J connectivity index is 1.76. The van der Waals surface area contributed by atoms with E-state index in [1.54, 1.807) is 12.1 Å². The van der Waals surface area contributed by atoms with E-state index in [2.05, 4.69) is 10.8 Å². The maximum Gasteiger partial charge on any atom is 0.165 e. The first-order valence-electron chi connectivity index (χ1n) is 13.9. The monoisotopic (exact) mass is 616 g/mol. The van der Waals surface area contributed by atoms with Crippen LogP contribution in [0.4, 0.5) is 8.78 Å². The van der Waals surface area contributed by atoms with Gasteiger partial charge in [-0.25, -0.2) is 8.78 Å². The maximum atomic E-state index is 15.3. The van der Waals surface area contributed by atoms with Gasteiger partial charge in [-0.1, -0.05) is 12.1 Å². The van der Waals surface area contributed by atoms with E-state index in [1.165, 1.54) is 38.5 Å². The molecular weight excluding hydrogens is 582 g/mol. The number of thiocyanates is 2. The standard InChI is InChI=1S/C31H34F2N2O5S2/c1-37-11-13-39-25-9-7-21(15-23(25)32)27(30(41-17-34)19-3-4-19)29(36)28(31(42-18-35)20-5-6-20)22-8-10-26(24(33)16-22)40-14-12-38-2/h7-10,15-16,19-20,27-28,30-31H,3-6,11-14H2,1-2H3. The molecule has 4 rings (SSSR count). The molecule has 0 heterocycles. The fourth-order valence-electron chi connectivity index (χ4n) is 5.19. The third-order valence-electron chi connectivity index (χ3n) is 7.54. The van der Waals surface area contributed by atoms with Crippen LogP contribution in [0.1, 0.15) is 48.6 Å². The molecule has 2 aromatic rings. The van der Waals surface area contributed by atoms with Crippen LogP contribution in [0, 0.1) is 44.8 Å². The van der Waals surface area contributed by atoms with E-state index in [1.807, 2.05) is 0 Å². The number of methoxy groups -OCH3 is 2. The van der Waals surface area contributed by atoms with Crippen LogP contribution >= 0.6 is 23.5 Å². The average Bonchev–Trinajstić information content (AvgIpc) is 3.89. The zero-order valence-electron chi connectivity index (χ0n) is 23.6. The zero-order chi connectivity index (χ0) is 30.1. The van der Waals surface area contributed by atoms with Gasteiger partial charge in [0, 0.05) is 24.7 Å². The predicted molar refractivity (Wildman–Crippen MR) is 157 cm³/mol. The van der Waals surface area contributed by atoms with Gasteiger partial charge in [-0.2, -0.15) is 10.5 Å². The summed E-state index contributed by atoms with van der Waals surface area (Å²) >= 11 is 2.04. The molecule has 42 heavy (non-hydrogen) atoms. The Morgan fingerprint density at radius 3 is 1.50 bits per heavy atom. The van der Waals surface area contributed by atoms with Crippen molar-refractivity contribution in [1.29, 1.82) is 10.5 Å². The SMILES string of the molecule is COCCOc1ccc(C(C(=O)C(c2ccc(OCCOC)c(F)c2)C(SC#N)C2CC2)C(SC#N)C2CC2)cc1F. The lowest BCUT2D eigenvalue weighted by atomic mass is 9.78. The second-order valence-electron chi connectivity index (χ2n) is 10.4. The van der Waals surface area contributed by atoms with Gasteiger partial charge in [-0.15, -0.1) is 0 Å². The number of ketones is 1. The molecule has 2 aliphatic rings. The molecule has 224 valence electrons. The summed E-state index contributed by atoms with van der Waals surface area (Å²) in [4.78, 5) is 14.8. The van der Waals surface area contributed by atoms with Crippen LogP contribution in [0.5, 0.6) is 11.5 Å². The van der Waals surface area contributed by atoms with E-state index in [0.29, 0.717) is 24.3 Å². The first-order valence-corrected chi connectivity index (χ1v) is 15.6. The van der Waals surface area contributed by atoms with Gasteiger partial charge in [0.15, 0.2) is 23.1 Å². The molecule has 11 heteroatoms. The molecule has 4 atom stereocenters. The summed E-state index contributed by atoms with van der Waals surface area (Å²) in [6, 6.07) is 8.90. The number of Topliss-reactive ketones (excluding diaryl/α,β-unsaturated/α-hetero) is 1. The summed E-state index contributed by atoms with van der Waals surface area (Å²) in [5, 5.41) is 22.8. The number of hydrogen-bond acceptors (Lipinski definition) is 9. The Morgan fingerprint density at radius 1 is 0.786 bits per heavy atom. The van der Waals surface area contributed by atoms with Crippen LogP contribution in [-0.4, -0.2) is 56.9 Å². The van der Waals surface area contributed by atoms with Crippen molar-refractivity contribution in [1.82, 2.24) is 0 Å². The molecule has 7 nitrogen and oxygen atoms in total. The van der Waals surface area contributed by atoms with Gasteiger partial charge in [-0.3, -0.25) is 4.79 Å². The number of rotatable bonds is 18. The number of nitrogens with zero attached hydrogens (tertiary/aromatic N) is 2. The molecular formula is C31H34F2N2O5S2. The number of benzene rings is 2. The van der Waals surface area contributed by atoms with E-state index in [4.69, 9.17) is 18.9 Å². The number of thioether (sulfide) groups is 2. The van der Waals surface area contributed by atoms with Gasteiger partial charge < -0.3 is 18.9 Å². The lowest BCUT2D eigenvalue weighted by Crippen LogP contribution is -2.35. The van der Waals surface area contributed by atoms with E-state index in [9.17, 15) is 15.3 Å². The number of hydrogen-bond donors (Lipinski definition) is 0. The van der Waals surface area contributed by atoms with Crippen molar-refractivity contribution < 1.29 is 32.5 Å². The molecule has 0 bridgehead atoms. The van der Waals surface area contributed by atoms with Crippen LogP contribution in [0.2, 0.25) is 0 Å². The molecule has 0 aliphatic heterocycles. The normalized spacial score (nSPS) is 17.4. The van der Waals surface area contributed by atoms with Gasteiger partial charge in [-0.05, 0) is 96.4 Å². The molecule has 0 radical (unpaired) electrons. The molecule has 2 fully saturated rings. The quantitative estimate of drug-likeness (QED) is 0.138. The van der Waals surface area contributed by atoms with E-state index in [0.717, 1.165) is 49.2 Å². The molecule has 0 N–H and O–H groups in total. The highest BCUT2D eigenvalue weighted by Gasteiger charge is 2.48. The van der Waals surface area contributed by atoms with Gasteiger partial charge >= 0.3 is 0 Å². The summed E-state index contributed by atoms with van der Waals surface area (Å²) in [6.45, 7) is 0.908. The van der Waals surface area contributed by atoms with Crippen molar-refractivity contribution in [3.8, 4) is 22.3 Å². The number of halogens is 2. The fourth-order valence-corrected chi connectivity index (χ4v) is 7.22. The van der Waals surface area contributed by atoms with Crippen molar-refractivity contribution in [3.63, 3.8) is 0 Å². The second-order valence-corrected chi connectivity index (χ2v) is 12.4. The Bertz CT molecular complexity index is 1210. The van der Waals surface area contributed by atoms with Crippen molar-refractivity contribution in [2.24, 2.45) is 11.8 Å². The number of nitriles is 2. The largest absolute Gasteiger partial charge is 0.488 e. The summed E-state index contributed by atoms with van der Waals surface area (Å²) < 4.78 is 51.4. The third kappa shape index (κ3) is 8.17. The fraction of sp³-hybridized carbons (Fsp3) is 0.516. The highest BCUT2D eigenvalue weighted by molar-refractivity contribution is 8.04. The highest BCUT2D eigenvalue weighted by Crippen LogP contribution is 2.51. The van der Waals surface area contributed by atoms with Crippen molar-refractivity contribution >= 4 is 29.3 Å². The Labute approximate surface area is 253 Å². The number of carbonyl (C=O) groups excluding carboxylic acids is 1. The molecule has 0 aromatic heterocycles. The van der Waals surface area contributed by atoms with Crippen molar-refractivity contribution in [2.45, 2.75) is 48.0 Å². The van der Waals surface area contributed by atoms with E-state index >= 15 is 8.78 Å². The van der Waals surface area contributed by atoms with Crippen LogP contribution in [-0.2, 0) is 14.3 Å². The highest BCUT2D eigenvalue weighted by atomic mass is 32.2. The van der Waals surface area contributed by atoms with Gasteiger partial charge in [0.05, 0.1) is 25.0 Å². The molecule has 2 aromatic carbocycles. The number of carbonyl (C=O) groups is 1. The minimum absolute atomic E-state index is 0.0384. The zero-order valence-corrected chi connectivity index (χ0v) is 25.2. The Kier molecular flexibility index (Phi) is 11.9. The molecule has 2 aliphatic carbocycles. The molecule has 4 unspecified atom stereocenters. The van der Waals surface area contributed by atoms with Crippen LogP contribution in [0.25, 0.3) is 0 Å². The van der Waals surface area contributed by atoms with Crippen LogP contribution < -0.4 is 9.47 Å². The lowest BCUT2D eigenvalue weighted by Gasteiger charge is -2.32. The van der Waals surface area contributed by atoms with Crippen molar-refractivity contribution in [3.05, 3.63) is 59.2 Å². The first-order chi connectivity index (χ1) is 20.4. The van der Waals surface area contributed by atoms with Crippen molar-refractivity contribution in [2.75, 3.05) is 40.6 Å². The van der Waals surface area contributed by atoms with Gasteiger partial charge in [0.25, 0.3) is 0 Å². The summed E-state index contributed by atoms with van der Waals surface area (Å²) in [6.07, 6.45) is 3.43. The van der Waals surface area contributed by atoms with Gasteiger partial charge in [0.2, 0.25) is 0 Å². The lowest BCUT2D eigenvalue weighted by molar-refractivity contribution is -0.122. The number of ether oxygens (including phenoxy) is 4. The van der Waals surface area contributed by atoms with Crippen LogP contribution in [0.3, 0.4) is 0 Å². The molecule has 2 saturated carbocycles. The topological polar surface area (TPSA) is 102 Å². The van der Waals surface area contributed by atoms with Crippen LogP contribution in [0.15, 0.2) is 36.4 Å². The predicted octanol–water partition coefficient (Wildman–Crippen LogP) is 6.44. The second kappa shape index (κ2) is 15.6. The van der Waals surface area contributed by atoms with E-state index < -0.39 is 34.0 Å². The first kappa shape index (κ1) is 32.1. The summed E-state index contributed by atoms with van der Waals surface area (Å²) in [7, 11) is 3.04. The minimum Gasteiger partial charge on any atom is -0.488 e. The van der Waals surface area contributed by atoms with E-state index in [-0.39, 0.29) is 42.3 Å². The molecule has 0 amide bonds. The summed E-state index contributed by atoms with van der Waals surface area (Å²) in [5.74, 6) is -2.90. The average molecular weight is 617 g/mol. The third-order valence-corrected chi connectivity index (χ3v) is 9.61. The smallest absolute Gasteiger partial charge is 0.165 e. The molecule has 0 saturated heterocycles. The Hall–Kier alpha value is -2.83. The summed E-state index contributed by atoms with van der Waals surface area (Å²) in [5.41, 5.74) is 0.857. The minimum atomic E-state index is -0.851. The Morgan fingerprint density at radius 2 is 1.19 bits per heavy atom. The van der Waals surface area contributed by atoms with Gasteiger partial charge in [0.1, 0.15) is 29.8 Å². The molecule has 0 spiro atoms. The maximum absolute atomic E-state index is 15.3.